The third-order valence-electron chi connectivity index (χ3n) is 7.16. The van der Waals surface area contributed by atoms with Crippen molar-refractivity contribution in [1.29, 1.82) is 0 Å². The number of methoxy groups -OCH3 is 2. The van der Waals surface area contributed by atoms with Gasteiger partial charge in [-0.05, 0) is 43.7 Å². The molecule has 3 heterocycles. The number of hydrogen-bond donors (Lipinski definition) is 1. The van der Waals surface area contributed by atoms with Crippen molar-refractivity contribution in [2.45, 2.75) is 50.5 Å². The number of benzene rings is 1. The number of dihydropyridines is 1. The van der Waals surface area contributed by atoms with E-state index >= 15 is 0 Å². The van der Waals surface area contributed by atoms with Gasteiger partial charge in [0.1, 0.15) is 6.61 Å². The molecule has 3 aliphatic rings. The summed E-state index contributed by atoms with van der Waals surface area (Å²) in [4.78, 5) is 28.5. The van der Waals surface area contributed by atoms with Crippen LogP contribution in [0, 0.1) is 0 Å². The van der Waals surface area contributed by atoms with Crippen molar-refractivity contribution in [1.82, 2.24) is 5.32 Å². The van der Waals surface area contributed by atoms with Crippen LogP contribution >= 0.6 is 11.3 Å². The number of carbonyl (C=O) groups excluding carboxylic acids is 2. The minimum Gasteiger partial charge on any atom is -0.493 e. The van der Waals surface area contributed by atoms with E-state index in [-0.39, 0.29) is 24.4 Å². The number of nitrogens with one attached hydrogen (secondary N) is 1. The summed E-state index contributed by atoms with van der Waals surface area (Å²) < 4.78 is 22.7. The van der Waals surface area contributed by atoms with E-state index in [0.29, 0.717) is 53.4 Å². The maximum absolute atomic E-state index is 13.8. The zero-order chi connectivity index (χ0) is 25.2. The van der Waals surface area contributed by atoms with Gasteiger partial charge in [-0.2, -0.15) is 0 Å². The maximum Gasteiger partial charge on any atom is 0.336 e. The van der Waals surface area contributed by atoms with Crippen molar-refractivity contribution in [3.05, 3.63) is 68.7 Å². The number of thiophene rings is 1. The van der Waals surface area contributed by atoms with Crippen LogP contribution in [0.4, 0.5) is 0 Å². The van der Waals surface area contributed by atoms with E-state index < -0.39 is 11.9 Å². The van der Waals surface area contributed by atoms with Gasteiger partial charge in [-0.15, -0.1) is 11.3 Å². The van der Waals surface area contributed by atoms with Gasteiger partial charge >= 0.3 is 5.97 Å². The molecule has 1 fully saturated rings. The number of Topliss-reactive ketones (excluding diaryl/α,β-unsaturated/α-hetero) is 1. The first-order chi connectivity index (χ1) is 17.5. The van der Waals surface area contributed by atoms with Crippen LogP contribution < -0.4 is 14.8 Å². The SMILES string of the molecule is COc1cccc([C@@H]2C(C(=O)OC[C@H]3CCCO3)=C(C)NC3=C2C(=O)C[C@@H](c2cccs2)C3)c1OC. The van der Waals surface area contributed by atoms with E-state index in [1.54, 1.807) is 31.6 Å². The van der Waals surface area contributed by atoms with Gasteiger partial charge in [0.15, 0.2) is 17.3 Å². The predicted molar refractivity (Wildman–Crippen MR) is 136 cm³/mol. The van der Waals surface area contributed by atoms with Crippen molar-refractivity contribution < 1.29 is 28.5 Å². The Morgan fingerprint density at radius 2 is 2.03 bits per heavy atom. The molecular formula is C28H31NO6S. The summed E-state index contributed by atoms with van der Waals surface area (Å²) in [5, 5.41) is 5.44. The van der Waals surface area contributed by atoms with Crippen LogP contribution in [0.5, 0.6) is 11.5 Å². The quantitative estimate of drug-likeness (QED) is 0.534. The molecule has 2 aromatic rings. The van der Waals surface area contributed by atoms with Gasteiger partial charge in [0.2, 0.25) is 0 Å². The number of hydrogen-bond acceptors (Lipinski definition) is 8. The average Bonchev–Trinajstić information content (AvgIpc) is 3.60. The number of carbonyl (C=O) groups is 2. The second-order valence-corrected chi connectivity index (χ2v) is 10.3. The van der Waals surface area contributed by atoms with Gasteiger partial charge < -0.3 is 24.3 Å². The number of esters is 1. The molecule has 7 nitrogen and oxygen atoms in total. The molecule has 2 aliphatic heterocycles. The van der Waals surface area contributed by atoms with E-state index in [2.05, 4.69) is 11.4 Å². The van der Waals surface area contributed by atoms with Crippen LogP contribution in [-0.4, -0.2) is 45.3 Å². The van der Waals surface area contributed by atoms with Crippen LogP contribution in [0.3, 0.4) is 0 Å². The summed E-state index contributed by atoms with van der Waals surface area (Å²) in [6.07, 6.45) is 2.83. The highest BCUT2D eigenvalue weighted by Crippen LogP contribution is 2.49. The number of ether oxygens (including phenoxy) is 4. The smallest absolute Gasteiger partial charge is 0.336 e. The third kappa shape index (κ3) is 4.55. The Kier molecular flexibility index (Phi) is 7.16. The van der Waals surface area contributed by atoms with E-state index in [1.807, 2.05) is 30.5 Å². The molecule has 1 aromatic heterocycles. The normalized spacial score (nSPS) is 23.9. The standard InChI is InChI=1S/C28H31NO6S/c1-16-24(28(31)35-15-18-7-5-11-34-18)25(19-8-4-9-22(32-2)27(19)33-3)26-20(29-16)13-17(14-21(26)30)23-10-6-12-36-23/h4,6,8-10,12,17-18,25,29H,5,7,11,13-15H2,1-3H3/t17-,18+,25+/m0/s1. The van der Waals surface area contributed by atoms with E-state index in [4.69, 9.17) is 18.9 Å². The molecule has 3 atom stereocenters. The van der Waals surface area contributed by atoms with Crippen LogP contribution in [0.25, 0.3) is 0 Å². The third-order valence-corrected chi connectivity index (χ3v) is 8.20. The van der Waals surface area contributed by atoms with E-state index in [9.17, 15) is 9.59 Å². The first-order valence-corrected chi connectivity index (χ1v) is 13.2. The van der Waals surface area contributed by atoms with E-state index in [0.717, 1.165) is 18.5 Å². The highest BCUT2D eigenvalue weighted by atomic mass is 32.1. The molecule has 1 saturated heterocycles. The topological polar surface area (TPSA) is 83.1 Å². The van der Waals surface area contributed by atoms with Gasteiger partial charge in [0.05, 0.1) is 31.8 Å². The zero-order valence-corrected chi connectivity index (χ0v) is 21.6. The minimum absolute atomic E-state index is 0.0222. The second kappa shape index (κ2) is 10.5. The fourth-order valence-corrected chi connectivity index (χ4v) is 6.34. The molecule has 8 heteroatoms. The Morgan fingerprint density at radius 1 is 1.17 bits per heavy atom. The summed E-state index contributed by atoms with van der Waals surface area (Å²) in [6, 6.07) is 9.64. The summed E-state index contributed by atoms with van der Waals surface area (Å²) in [6.45, 7) is 2.74. The maximum atomic E-state index is 13.8. The molecule has 0 unspecified atom stereocenters. The van der Waals surface area contributed by atoms with Crippen molar-refractivity contribution in [3.63, 3.8) is 0 Å². The zero-order valence-electron chi connectivity index (χ0n) is 20.8. The van der Waals surface area contributed by atoms with Crippen molar-refractivity contribution in [3.8, 4) is 11.5 Å². The number of rotatable bonds is 7. The van der Waals surface area contributed by atoms with Crippen molar-refractivity contribution in [2.24, 2.45) is 0 Å². The lowest BCUT2D eigenvalue weighted by Gasteiger charge is -2.37. The monoisotopic (exact) mass is 509 g/mol. The van der Waals surface area contributed by atoms with Crippen molar-refractivity contribution in [2.75, 3.05) is 27.4 Å². The van der Waals surface area contributed by atoms with Gasteiger partial charge in [-0.3, -0.25) is 4.79 Å². The van der Waals surface area contributed by atoms with Crippen molar-refractivity contribution >= 4 is 23.1 Å². The van der Waals surface area contributed by atoms with Gasteiger partial charge in [0.25, 0.3) is 0 Å². The number of allylic oxidation sites excluding steroid dienone is 3. The highest BCUT2D eigenvalue weighted by Gasteiger charge is 2.43. The summed E-state index contributed by atoms with van der Waals surface area (Å²) in [7, 11) is 3.14. The molecule has 0 saturated carbocycles. The predicted octanol–water partition coefficient (Wildman–Crippen LogP) is 4.85. The fraction of sp³-hybridized carbons (Fsp3) is 0.429. The number of ketones is 1. The first kappa shape index (κ1) is 24.6. The molecule has 0 spiro atoms. The first-order valence-electron chi connectivity index (χ1n) is 12.3. The molecular weight excluding hydrogens is 478 g/mol. The van der Waals surface area contributed by atoms with Crippen LogP contribution in [-0.2, 0) is 19.1 Å². The Hall–Kier alpha value is -3.10. The lowest BCUT2D eigenvalue weighted by molar-refractivity contribution is -0.142. The van der Waals surface area contributed by atoms with Gasteiger partial charge in [-0.1, -0.05) is 18.2 Å². The molecule has 1 aromatic carbocycles. The second-order valence-electron chi connectivity index (χ2n) is 9.35. The molecule has 1 aliphatic carbocycles. The molecule has 0 radical (unpaired) electrons. The average molecular weight is 510 g/mol. The lowest BCUT2D eigenvalue weighted by atomic mass is 9.72. The Morgan fingerprint density at radius 3 is 2.72 bits per heavy atom. The molecule has 0 bridgehead atoms. The molecule has 0 amide bonds. The summed E-state index contributed by atoms with van der Waals surface area (Å²) in [5.41, 5.74) is 3.26. The fourth-order valence-electron chi connectivity index (χ4n) is 5.51. The molecule has 36 heavy (non-hydrogen) atoms. The van der Waals surface area contributed by atoms with Gasteiger partial charge in [0, 0.05) is 46.4 Å². The largest absolute Gasteiger partial charge is 0.493 e. The summed E-state index contributed by atoms with van der Waals surface area (Å²) in [5.74, 6) is 0.0980. The van der Waals surface area contributed by atoms with Crippen LogP contribution in [0.2, 0.25) is 0 Å². The molecule has 1 N–H and O–H groups in total. The molecule has 190 valence electrons. The Balaban J connectivity index is 1.57. The lowest BCUT2D eigenvalue weighted by Crippen LogP contribution is -2.36. The molecule has 5 rings (SSSR count). The highest BCUT2D eigenvalue weighted by molar-refractivity contribution is 7.10. The summed E-state index contributed by atoms with van der Waals surface area (Å²) >= 11 is 1.67. The Bertz CT molecular complexity index is 1210. The minimum atomic E-state index is -0.625. The van der Waals surface area contributed by atoms with E-state index in [1.165, 1.54) is 4.88 Å². The van der Waals surface area contributed by atoms with Crippen LogP contribution in [0.1, 0.15) is 54.9 Å². The number of para-hydroxylation sites is 1. The Labute approximate surface area is 215 Å². The van der Waals surface area contributed by atoms with Crippen LogP contribution in [0.15, 0.2) is 58.3 Å². The van der Waals surface area contributed by atoms with Gasteiger partial charge in [-0.25, -0.2) is 4.79 Å².